The minimum absolute atomic E-state index is 0.157. The molecular weight excluding hydrogens is 448 g/mol. The van der Waals surface area contributed by atoms with Gasteiger partial charge in [-0.15, -0.1) is 16.4 Å². The average Bonchev–Trinajstić information content (AvgIpc) is 3.40. The molecule has 0 saturated heterocycles. The number of nitrogens with zero attached hydrogens (tertiary/aromatic N) is 3. The lowest BCUT2D eigenvalue weighted by Gasteiger charge is -2.03. The van der Waals surface area contributed by atoms with E-state index in [1.54, 1.807) is 22.7 Å². The van der Waals surface area contributed by atoms with Gasteiger partial charge in [-0.25, -0.2) is 10.4 Å². The van der Waals surface area contributed by atoms with Gasteiger partial charge in [0.05, 0.1) is 27.2 Å². The second-order valence-corrected chi connectivity index (χ2v) is 9.77. The van der Waals surface area contributed by atoms with E-state index < -0.39 is 0 Å². The van der Waals surface area contributed by atoms with Crippen LogP contribution in [0.25, 0.3) is 31.2 Å². The Morgan fingerprint density at radius 3 is 2.42 bits per heavy atom. The van der Waals surface area contributed by atoms with E-state index in [4.69, 9.17) is 4.98 Å². The van der Waals surface area contributed by atoms with E-state index in [9.17, 15) is 4.79 Å². The zero-order valence-corrected chi connectivity index (χ0v) is 19.9. The number of benzene rings is 3. The highest BCUT2D eigenvalue weighted by atomic mass is 32.1. The van der Waals surface area contributed by atoms with Gasteiger partial charge in [-0.2, -0.15) is 0 Å². The first-order valence-corrected chi connectivity index (χ1v) is 12.2. The molecular formula is C26H22N4OS2. The Labute approximate surface area is 199 Å². The average molecular weight is 471 g/mol. The largest absolute Gasteiger partial charge is 0.318 e. The van der Waals surface area contributed by atoms with E-state index in [1.807, 2.05) is 60.1 Å². The third-order valence-electron chi connectivity index (χ3n) is 5.35. The summed E-state index contributed by atoms with van der Waals surface area (Å²) in [7, 11) is 1.95. The zero-order valence-electron chi connectivity index (χ0n) is 18.3. The van der Waals surface area contributed by atoms with Crippen LogP contribution in [0.5, 0.6) is 0 Å². The van der Waals surface area contributed by atoms with Gasteiger partial charge in [0.25, 0.3) is 0 Å². The van der Waals surface area contributed by atoms with E-state index >= 15 is 0 Å². The number of amides is 1. The number of aromatic nitrogens is 2. The van der Waals surface area contributed by atoms with Gasteiger partial charge in [0, 0.05) is 12.6 Å². The molecule has 0 unspecified atom stereocenters. The lowest BCUT2D eigenvalue weighted by molar-refractivity contribution is -0.120. The molecule has 0 atom stereocenters. The quantitative estimate of drug-likeness (QED) is 0.344. The molecule has 164 valence electrons. The molecule has 33 heavy (non-hydrogen) atoms. The SMILES string of the molecule is Cc1ccc(-c2sc(-c3ccccc3)nc2CC(=O)NN=c2sc3ccccc3n2C)cc1. The smallest absolute Gasteiger partial charge is 0.246 e. The molecule has 1 N–H and O–H groups in total. The van der Waals surface area contributed by atoms with Crippen LogP contribution in [-0.2, 0) is 18.3 Å². The number of para-hydroxylation sites is 1. The molecule has 5 aromatic rings. The van der Waals surface area contributed by atoms with Gasteiger partial charge in [0.2, 0.25) is 10.7 Å². The first-order valence-electron chi connectivity index (χ1n) is 10.6. The van der Waals surface area contributed by atoms with Crippen LogP contribution in [0.1, 0.15) is 11.3 Å². The van der Waals surface area contributed by atoms with Crippen LogP contribution in [0.4, 0.5) is 0 Å². The van der Waals surface area contributed by atoms with Crippen molar-refractivity contribution in [3.8, 4) is 21.0 Å². The molecule has 0 radical (unpaired) electrons. The van der Waals surface area contributed by atoms with Gasteiger partial charge >= 0.3 is 0 Å². The molecule has 0 aliphatic rings. The minimum Gasteiger partial charge on any atom is -0.318 e. The van der Waals surface area contributed by atoms with Crippen molar-refractivity contribution in [2.75, 3.05) is 0 Å². The summed E-state index contributed by atoms with van der Waals surface area (Å²) in [6.07, 6.45) is 0.157. The van der Waals surface area contributed by atoms with Crippen molar-refractivity contribution in [2.24, 2.45) is 12.1 Å². The Morgan fingerprint density at radius 2 is 1.67 bits per heavy atom. The van der Waals surface area contributed by atoms with Crippen LogP contribution in [0.3, 0.4) is 0 Å². The fraction of sp³-hybridized carbons (Fsp3) is 0.115. The third-order valence-corrected chi connectivity index (χ3v) is 7.66. The maximum atomic E-state index is 12.9. The van der Waals surface area contributed by atoms with Crippen LogP contribution in [0, 0.1) is 6.92 Å². The van der Waals surface area contributed by atoms with Crippen LogP contribution in [0.2, 0.25) is 0 Å². The Morgan fingerprint density at radius 1 is 0.939 bits per heavy atom. The first-order chi connectivity index (χ1) is 16.1. The summed E-state index contributed by atoms with van der Waals surface area (Å²) in [5, 5.41) is 5.28. The number of carbonyl (C=O) groups excluding carboxylic acids is 1. The van der Waals surface area contributed by atoms with Crippen LogP contribution in [0.15, 0.2) is 84.0 Å². The second-order valence-electron chi connectivity index (χ2n) is 7.76. The summed E-state index contributed by atoms with van der Waals surface area (Å²) in [5.41, 5.74) is 7.88. The lowest BCUT2D eigenvalue weighted by Crippen LogP contribution is -2.24. The highest BCUT2D eigenvalue weighted by molar-refractivity contribution is 7.18. The van der Waals surface area contributed by atoms with Crippen LogP contribution in [-0.4, -0.2) is 15.5 Å². The summed E-state index contributed by atoms with van der Waals surface area (Å²) in [4.78, 5) is 19.4. The van der Waals surface area contributed by atoms with Crippen molar-refractivity contribution >= 4 is 38.8 Å². The molecule has 0 aliphatic heterocycles. The standard InChI is InChI=1S/C26H22N4OS2/c1-17-12-14-18(15-13-17)24-20(27-25(33-24)19-8-4-3-5-9-19)16-23(31)28-29-26-30(2)21-10-6-7-11-22(21)32-26/h3-15H,16H2,1-2H3,(H,28,31). The lowest BCUT2D eigenvalue weighted by atomic mass is 10.1. The fourth-order valence-corrected chi connectivity index (χ4v) is 5.67. The van der Waals surface area contributed by atoms with Gasteiger partial charge in [0.15, 0.2) is 0 Å². The van der Waals surface area contributed by atoms with E-state index in [0.29, 0.717) is 0 Å². The van der Waals surface area contributed by atoms with Gasteiger partial charge < -0.3 is 4.57 Å². The predicted octanol–water partition coefficient (Wildman–Crippen LogP) is 5.51. The Bertz CT molecular complexity index is 1500. The molecule has 5 rings (SSSR count). The summed E-state index contributed by atoms with van der Waals surface area (Å²) >= 11 is 3.15. The Kier molecular flexibility index (Phi) is 5.90. The fourth-order valence-electron chi connectivity index (χ4n) is 3.60. The summed E-state index contributed by atoms with van der Waals surface area (Å²) in [6, 6.07) is 26.5. The highest BCUT2D eigenvalue weighted by Gasteiger charge is 2.17. The number of thiazole rings is 2. The van der Waals surface area contributed by atoms with Crippen molar-refractivity contribution in [1.82, 2.24) is 15.0 Å². The molecule has 7 heteroatoms. The first kappa shape index (κ1) is 21.3. The monoisotopic (exact) mass is 470 g/mol. The number of carbonyl (C=O) groups is 1. The minimum atomic E-state index is -0.189. The Hall–Kier alpha value is -3.55. The number of fused-ring (bicyclic) bond motifs is 1. The summed E-state index contributed by atoms with van der Waals surface area (Å²) < 4.78 is 3.11. The molecule has 0 spiro atoms. The zero-order chi connectivity index (χ0) is 22.8. The number of hydrogen-bond acceptors (Lipinski definition) is 5. The van der Waals surface area contributed by atoms with Crippen molar-refractivity contribution in [1.29, 1.82) is 0 Å². The van der Waals surface area contributed by atoms with Crippen LogP contribution >= 0.6 is 22.7 Å². The van der Waals surface area contributed by atoms with Gasteiger partial charge in [0.1, 0.15) is 5.01 Å². The summed E-state index contributed by atoms with van der Waals surface area (Å²) in [5.74, 6) is -0.189. The van der Waals surface area contributed by atoms with Crippen molar-refractivity contribution in [2.45, 2.75) is 13.3 Å². The summed E-state index contributed by atoms with van der Waals surface area (Å²) in [6.45, 7) is 2.07. The topological polar surface area (TPSA) is 59.3 Å². The van der Waals surface area contributed by atoms with Crippen LogP contribution < -0.4 is 10.2 Å². The van der Waals surface area contributed by atoms with E-state index in [1.165, 1.54) is 5.56 Å². The number of hydrogen-bond donors (Lipinski definition) is 1. The van der Waals surface area contributed by atoms with E-state index in [2.05, 4.69) is 47.8 Å². The number of rotatable bonds is 5. The molecule has 2 aromatic heterocycles. The number of aryl methyl sites for hydroxylation is 2. The molecule has 0 bridgehead atoms. The predicted molar refractivity (Wildman–Crippen MR) is 136 cm³/mol. The molecule has 2 heterocycles. The van der Waals surface area contributed by atoms with Crippen molar-refractivity contribution in [3.05, 3.63) is 94.9 Å². The van der Waals surface area contributed by atoms with Gasteiger partial charge in [-0.1, -0.05) is 83.6 Å². The van der Waals surface area contributed by atoms with Crippen molar-refractivity contribution < 1.29 is 4.79 Å². The maximum Gasteiger partial charge on any atom is 0.246 e. The Balaban J connectivity index is 1.45. The molecule has 5 nitrogen and oxygen atoms in total. The normalized spacial score (nSPS) is 11.8. The van der Waals surface area contributed by atoms with Gasteiger partial charge in [-0.3, -0.25) is 4.79 Å². The van der Waals surface area contributed by atoms with E-state index in [0.717, 1.165) is 41.7 Å². The second kappa shape index (κ2) is 9.13. The molecule has 3 aromatic carbocycles. The molecule has 1 amide bonds. The molecule has 0 aliphatic carbocycles. The van der Waals surface area contributed by atoms with Crippen molar-refractivity contribution in [3.63, 3.8) is 0 Å². The third kappa shape index (κ3) is 4.51. The molecule has 0 fully saturated rings. The molecule has 0 saturated carbocycles. The highest BCUT2D eigenvalue weighted by Crippen LogP contribution is 2.36. The van der Waals surface area contributed by atoms with E-state index in [-0.39, 0.29) is 12.3 Å². The number of nitrogens with one attached hydrogen (secondary N) is 1. The van der Waals surface area contributed by atoms with Gasteiger partial charge in [-0.05, 0) is 24.6 Å². The maximum absolute atomic E-state index is 12.9.